The molecular weight excluding hydrogens is 248 g/mol. The van der Waals surface area contributed by atoms with Crippen LogP contribution >= 0.6 is 0 Å². The summed E-state index contributed by atoms with van der Waals surface area (Å²) in [6, 6.07) is 3.52. The number of hydrogen-bond donors (Lipinski definition) is 0. The summed E-state index contributed by atoms with van der Waals surface area (Å²) < 4.78 is 20.8. The van der Waals surface area contributed by atoms with Crippen LogP contribution in [0.5, 0.6) is 0 Å². The molecule has 0 N–H and O–H groups in total. The Morgan fingerprint density at radius 2 is 2.05 bits per heavy atom. The van der Waals surface area contributed by atoms with Gasteiger partial charge in [0.15, 0.2) is 6.29 Å². The molecule has 0 atom stereocenters. The molecule has 5 heteroatoms. The Labute approximate surface area is 113 Å². The third-order valence-corrected chi connectivity index (χ3v) is 2.40. The number of esters is 1. The van der Waals surface area contributed by atoms with Crippen LogP contribution in [0.25, 0.3) is 6.08 Å². The molecule has 0 aromatic carbocycles. The summed E-state index contributed by atoms with van der Waals surface area (Å²) in [5.74, 6) is 0.174. The molecule has 0 amide bonds. The highest BCUT2D eigenvalue weighted by Gasteiger charge is 2.18. The minimum absolute atomic E-state index is 0.315. The summed E-state index contributed by atoms with van der Waals surface area (Å²) in [4.78, 5) is 11.7. The predicted molar refractivity (Wildman–Crippen MR) is 70.4 cm³/mol. The van der Waals surface area contributed by atoms with Crippen molar-refractivity contribution >= 4 is 12.0 Å². The lowest BCUT2D eigenvalue weighted by Crippen LogP contribution is -2.20. The molecule has 1 aromatic rings. The lowest BCUT2D eigenvalue weighted by Gasteiger charge is -2.17. The maximum atomic E-state index is 11.7. The van der Waals surface area contributed by atoms with Crippen LogP contribution in [0, 0.1) is 0 Å². The Morgan fingerprint density at radius 3 is 2.53 bits per heavy atom. The Morgan fingerprint density at radius 1 is 1.37 bits per heavy atom. The number of furan rings is 1. The average molecular weight is 268 g/mol. The molecule has 5 nitrogen and oxygen atoms in total. The summed E-state index contributed by atoms with van der Waals surface area (Å²) in [6.07, 6.45) is 3.03. The Bertz CT molecular complexity index is 388. The van der Waals surface area contributed by atoms with E-state index in [0.29, 0.717) is 31.0 Å². The topological polar surface area (TPSA) is 57.9 Å². The van der Waals surface area contributed by atoms with Gasteiger partial charge in [0, 0.05) is 25.2 Å². The fourth-order valence-corrected chi connectivity index (χ4v) is 1.59. The highest BCUT2D eigenvalue weighted by Crippen LogP contribution is 2.16. The quantitative estimate of drug-likeness (QED) is 0.412. The third-order valence-electron chi connectivity index (χ3n) is 2.40. The van der Waals surface area contributed by atoms with Crippen LogP contribution < -0.4 is 0 Å². The molecule has 0 aliphatic heterocycles. The van der Waals surface area contributed by atoms with Gasteiger partial charge in [0.1, 0.15) is 5.76 Å². The molecule has 1 aromatic heterocycles. The zero-order valence-electron chi connectivity index (χ0n) is 11.5. The van der Waals surface area contributed by atoms with Gasteiger partial charge in [-0.2, -0.15) is 0 Å². The molecule has 0 bridgehead atoms. The maximum absolute atomic E-state index is 11.7. The predicted octanol–water partition coefficient (Wildman–Crippen LogP) is 2.63. The van der Waals surface area contributed by atoms with E-state index in [1.807, 2.05) is 13.8 Å². The SMILES string of the molecule is CCOC(CC(=Cc1ccco1)C(=O)OC)OCC. The van der Waals surface area contributed by atoms with Crippen LogP contribution in [-0.2, 0) is 19.0 Å². The Kier molecular flexibility index (Phi) is 6.92. The van der Waals surface area contributed by atoms with E-state index in [2.05, 4.69) is 0 Å². The van der Waals surface area contributed by atoms with Gasteiger partial charge in [-0.15, -0.1) is 0 Å². The number of carbonyl (C=O) groups is 1. The van der Waals surface area contributed by atoms with Gasteiger partial charge in [-0.05, 0) is 32.1 Å². The first-order chi connectivity index (χ1) is 9.21. The van der Waals surface area contributed by atoms with Crippen molar-refractivity contribution < 1.29 is 23.4 Å². The molecule has 0 saturated carbocycles. The second-order valence-corrected chi connectivity index (χ2v) is 3.72. The van der Waals surface area contributed by atoms with Crippen LogP contribution in [0.3, 0.4) is 0 Å². The standard InChI is InChI=1S/C14H20O5/c1-4-17-13(18-5-2)10-11(14(15)16-3)9-12-7-6-8-19-12/h6-9,13H,4-5,10H2,1-3H3. The average Bonchev–Trinajstić information content (AvgIpc) is 2.90. The van der Waals surface area contributed by atoms with Crippen molar-refractivity contribution in [2.24, 2.45) is 0 Å². The summed E-state index contributed by atoms with van der Waals surface area (Å²) >= 11 is 0. The molecule has 0 fully saturated rings. The number of hydrogen-bond acceptors (Lipinski definition) is 5. The van der Waals surface area contributed by atoms with Crippen molar-refractivity contribution in [3.63, 3.8) is 0 Å². The van der Waals surface area contributed by atoms with Crippen molar-refractivity contribution in [2.75, 3.05) is 20.3 Å². The summed E-state index contributed by atoms with van der Waals surface area (Å²) in [7, 11) is 1.34. The van der Waals surface area contributed by atoms with Crippen LogP contribution in [0.15, 0.2) is 28.4 Å². The smallest absolute Gasteiger partial charge is 0.334 e. The number of methoxy groups -OCH3 is 1. The summed E-state index contributed by atoms with van der Waals surface area (Å²) in [6.45, 7) is 4.78. The van der Waals surface area contributed by atoms with E-state index >= 15 is 0 Å². The maximum Gasteiger partial charge on any atom is 0.334 e. The third kappa shape index (κ3) is 5.28. The molecule has 0 aliphatic carbocycles. The second-order valence-electron chi connectivity index (χ2n) is 3.72. The van der Waals surface area contributed by atoms with E-state index in [0.717, 1.165) is 0 Å². The van der Waals surface area contributed by atoms with Crippen LogP contribution in [0.4, 0.5) is 0 Å². The van der Waals surface area contributed by atoms with Gasteiger partial charge in [0.25, 0.3) is 0 Å². The molecule has 0 spiro atoms. The normalized spacial score (nSPS) is 11.9. The fourth-order valence-electron chi connectivity index (χ4n) is 1.59. The fraction of sp³-hybridized carbons (Fsp3) is 0.500. The molecule has 0 saturated heterocycles. The lowest BCUT2D eigenvalue weighted by molar-refractivity contribution is -0.145. The molecule has 0 radical (unpaired) electrons. The first kappa shape index (κ1) is 15.5. The minimum Gasteiger partial charge on any atom is -0.466 e. The first-order valence-corrected chi connectivity index (χ1v) is 6.26. The summed E-state index contributed by atoms with van der Waals surface area (Å²) in [5.41, 5.74) is 0.448. The highest BCUT2D eigenvalue weighted by molar-refractivity contribution is 5.93. The van der Waals surface area contributed by atoms with Gasteiger partial charge in [0.2, 0.25) is 0 Å². The van der Waals surface area contributed by atoms with Gasteiger partial charge >= 0.3 is 5.97 Å². The van der Waals surface area contributed by atoms with E-state index in [1.54, 1.807) is 24.5 Å². The van der Waals surface area contributed by atoms with Crippen molar-refractivity contribution in [2.45, 2.75) is 26.6 Å². The van der Waals surface area contributed by atoms with Crippen molar-refractivity contribution in [3.8, 4) is 0 Å². The zero-order chi connectivity index (χ0) is 14.1. The Hall–Kier alpha value is -1.59. The number of rotatable bonds is 8. The van der Waals surface area contributed by atoms with E-state index in [1.165, 1.54) is 7.11 Å². The van der Waals surface area contributed by atoms with E-state index in [-0.39, 0.29) is 0 Å². The number of ether oxygens (including phenoxy) is 3. The van der Waals surface area contributed by atoms with E-state index in [4.69, 9.17) is 18.6 Å². The molecule has 106 valence electrons. The summed E-state index contributed by atoms with van der Waals surface area (Å²) in [5, 5.41) is 0. The first-order valence-electron chi connectivity index (χ1n) is 6.26. The van der Waals surface area contributed by atoms with Crippen LogP contribution in [0.1, 0.15) is 26.0 Å². The van der Waals surface area contributed by atoms with Gasteiger partial charge < -0.3 is 18.6 Å². The van der Waals surface area contributed by atoms with Crippen molar-refractivity contribution in [3.05, 3.63) is 29.7 Å². The molecule has 0 unspecified atom stereocenters. The second kappa shape index (κ2) is 8.50. The molecule has 1 heterocycles. The van der Waals surface area contributed by atoms with E-state index in [9.17, 15) is 4.79 Å². The monoisotopic (exact) mass is 268 g/mol. The van der Waals surface area contributed by atoms with Gasteiger partial charge in [-0.3, -0.25) is 0 Å². The van der Waals surface area contributed by atoms with Gasteiger partial charge in [-0.25, -0.2) is 4.79 Å². The van der Waals surface area contributed by atoms with Crippen LogP contribution in [-0.4, -0.2) is 32.6 Å². The molecule has 0 aliphatic rings. The minimum atomic E-state index is -0.463. The molecular formula is C14H20O5. The van der Waals surface area contributed by atoms with Crippen molar-refractivity contribution in [1.29, 1.82) is 0 Å². The van der Waals surface area contributed by atoms with Gasteiger partial charge in [-0.1, -0.05) is 0 Å². The zero-order valence-corrected chi connectivity index (χ0v) is 11.5. The van der Waals surface area contributed by atoms with Gasteiger partial charge in [0.05, 0.1) is 13.4 Å². The van der Waals surface area contributed by atoms with Crippen LogP contribution in [0.2, 0.25) is 0 Å². The number of carbonyl (C=O) groups excluding carboxylic acids is 1. The lowest BCUT2D eigenvalue weighted by atomic mass is 10.1. The Balaban J connectivity index is 2.82. The molecule has 19 heavy (non-hydrogen) atoms. The van der Waals surface area contributed by atoms with Crippen molar-refractivity contribution in [1.82, 2.24) is 0 Å². The molecule has 1 rings (SSSR count). The largest absolute Gasteiger partial charge is 0.466 e. The van der Waals surface area contributed by atoms with E-state index < -0.39 is 12.3 Å². The highest BCUT2D eigenvalue weighted by atomic mass is 16.7.